The van der Waals surface area contributed by atoms with Crippen LogP contribution in [0.5, 0.6) is 0 Å². The van der Waals surface area contributed by atoms with Crippen molar-refractivity contribution in [2.45, 2.75) is 56.8 Å². The summed E-state index contributed by atoms with van der Waals surface area (Å²) in [5, 5.41) is 0. The molecule has 1 saturated heterocycles. The number of hydrogen-bond donors (Lipinski definition) is 0. The van der Waals surface area contributed by atoms with Crippen molar-refractivity contribution in [3.63, 3.8) is 0 Å². The summed E-state index contributed by atoms with van der Waals surface area (Å²) >= 11 is 0. The molecule has 4 unspecified atom stereocenters. The van der Waals surface area contributed by atoms with E-state index in [4.69, 9.17) is 14.2 Å². The van der Waals surface area contributed by atoms with Gasteiger partial charge in [0.2, 0.25) is 0 Å². The standard InChI is InChI=1S/C16H24O4/c1-2-14(17)20-16(10-12-6-7-13(16)9-12)11-19-15-5-3-4-8-18-15/h2,12-13,15H,1,3-11H2. The first kappa shape index (κ1) is 14.1. The molecule has 3 fully saturated rings. The van der Waals surface area contributed by atoms with E-state index in [9.17, 15) is 4.79 Å². The molecule has 1 aliphatic heterocycles. The summed E-state index contributed by atoms with van der Waals surface area (Å²) in [7, 11) is 0. The minimum atomic E-state index is -0.436. The van der Waals surface area contributed by atoms with Crippen molar-refractivity contribution < 1.29 is 19.0 Å². The molecular formula is C16H24O4. The molecule has 2 aliphatic carbocycles. The third-order valence-electron chi connectivity index (χ3n) is 5.04. The molecule has 4 atom stereocenters. The van der Waals surface area contributed by atoms with Gasteiger partial charge in [-0.1, -0.05) is 6.58 Å². The molecule has 3 rings (SSSR count). The molecule has 0 spiro atoms. The Balaban J connectivity index is 1.63. The molecule has 0 N–H and O–H groups in total. The van der Waals surface area contributed by atoms with Gasteiger partial charge in [0.25, 0.3) is 0 Å². The van der Waals surface area contributed by atoms with Gasteiger partial charge in [0, 0.05) is 18.6 Å². The van der Waals surface area contributed by atoms with Gasteiger partial charge in [-0.25, -0.2) is 4.79 Å². The van der Waals surface area contributed by atoms with Crippen LogP contribution in [0.3, 0.4) is 0 Å². The predicted molar refractivity (Wildman–Crippen MR) is 74.0 cm³/mol. The van der Waals surface area contributed by atoms with Crippen LogP contribution in [-0.4, -0.2) is 31.1 Å². The second-order valence-corrected chi connectivity index (χ2v) is 6.38. The van der Waals surface area contributed by atoms with Crippen LogP contribution in [0.4, 0.5) is 0 Å². The lowest BCUT2D eigenvalue weighted by Crippen LogP contribution is -2.46. The van der Waals surface area contributed by atoms with E-state index in [-0.39, 0.29) is 12.3 Å². The predicted octanol–water partition coefficient (Wildman–Crippen LogP) is 2.82. The van der Waals surface area contributed by atoms with Crippen LogP contribution in [-0.2, 0) is 19.0 Å². The molecule has 112 valence electrons. The summed E-state index contributed by atoms with van der Waals surface area (Å²) in [6.45, 7) is 4.75. The number of carbonyl (C=O) groups excluding carboxylic acids is 1. The molecule has 0 aromatic rings. The van der Waals surface area contributed by atoms with Crippen molar-refractivity contribution in [3.05, 3.63) is 12.7 Å². The van der Waals surface area contributed by atoms with E-state index in [1.165, 1.54) is 18.9 Å². The molecule has 1 heterocycles. The summed E-state index contributed by atoms with van der Waals surface area (Å²) in [5.74, 6) is 0.805. The second-order valence-electron chi connectivity index (χ2n) is 6.38. The first-order chi connectivity index (χ1) is 9.72. The number of hydrogen-bond acceptors (Lipinski definition) is 4. The first-order valence-corrected chi connectivity index (χ1v) is 7.80. The Morgan fingerprint density at radius 2 is 2.25 bits per heavy atom. The van der Waals surface area contributed by atoms with Gasteiger partial charge < -0.3 is 14.2 Å². The highest BCUT2D eigenvalue weighted by Gasteiger charge is 2.54. The maximum Gasteiger partial charge on any atom is 0.330 e. The minimum absolute atomic E-state index is 0.123. The van der Waals surface area contributed by atoms with Gasteiger partial charge in [0.1, 0.15) is 5.60 Å². The SMILES string of the molecule is C=CC(=O)OC1(COC2CCCCO2)CC2CCC1C2. The van der Waals surface area contributed by atoms with Gasteiger partial charge in [-0.3, -0.25) is 0 Å². The van der Waals surface area contributed by atoms with Crippen LogP contribution in [0.2, 0.25) is 0 Å². The van der Waals surface area contributed by atoms with E-state index in [0.717, 1.165) is 38.7 Å². The molecular weight excluding hydrogens is 256 g/mol. The molecule has 2 saturated carbocycles. The average Bonchev–Trinajstić information content (AvgIpc) is 3.07. The first-order valence-electron chi connectivity index (χ1n) is 7.80. The van der Waals surface area contributed by atoms with E-state index in [1.807, 2.05) is 0 Å². The second kappa shape index (κ2) is 5.86. The molecule has 20 heavy (non-hydrogen) atoms. The van der Waals surface area contributed by atoms with Crippen molar-refractivity contribution in [1.82, 2.24) is 0 Å². The number of fused-ring (bicyclic) bond motifs is 2. The van der Waals surface area contributed by atoms with Gasteiger partial charge in [0.05, 0.1) is 6.61 Å². The lowest BCUT2D eigenvalue weighted by atomic mass is 9.84. The maximum atomic E-state index is 11.7. The zero-order valence-electron chi connectivity index (χ0n) is 12.0. The van der Waals surface area contributed by atoms with Gasteiger partial charge in [-0.15, -0.1) is 0 Å². The smallest absolute Gasteiger partial charge is 0.330 e. The summed E-state index contributed by atoms with van der Waals surface area (Å²) < 4.78 is 17.3. The highest BCUT2D eigenvalue weighted by molar-refractivity contribution is 5.81. The molecule has 0 radical (unpaired) electrons. The van der Waals surface area contributed by atoms with Gasteiger partial charge in [-0.05, 0) is 50.9 Å². The Morgan fingerprint density at radius 1 is 1.35 bits per heavy atom. The summed E-state index contributed by atoms with van der Waals surface area (Å²) in [5.41, 5.74) is -0.436. The Kier molecular flexibility index (Phi) is 4.13. The highest BCUT2D eigenvalue weighted by atomic mass is 16.7. The van der Waals surface area contributed by atoms with E-state index < -0.39 is 5.60 Å². The van der Waals surface area contributed by atoms with Crippen LogP contribution >= 0.6 is 0 Å². The third kappa shape index (κ3) is 2.77. The number of carbonyl (C=O) groups is 1. The fraction of sp³-hybridized carbons (Fsp3) is 0.812. The summed E-state index contributed by atoms with van der Waals surface area (Å²) in [6, 6.07) is 0. The molecule has 3 aliphatic rings. The summed E-state index contributed by atoms with van der Waals surface area (Å²) in [4.78, 5) is 11.7. The molecule has 2 bridgehead atoms. The van der Waals surface area contributed by atoms with E-state index >= 15 is 0 Å². The Labute approximate surface area is 120 Å². The van der Waals surface area contributed by atoms with Gasteiger partial charge in [-0.2, -0.15) is 0 Å². The van der Waals surface area contributed by atoms with Gasteiger partial charge >= 0.3 is 5.97 Å². The van der Waals surface area contributed by atoms with Gasteiger partial charge in [0.15, 0.2) is 6.29 Å². The van der Waals surface area contributed by atoms with Crippen LogP contribution in [0.1, 0.15) is 44.9 Å². The topological polar surface area (TPSA) is 44.8 Å². The zero-order chi connectivity index (χ0) is 14.0. The highest BCUT2D eigenvalue weighted by Crippen LogP contribution is 2.53. The van der Waals surface area contributed by atoms with E-state index in [0.29, 0.717) is 18.4 Å². The van der Waals surface area contributed by atoms with Crippen LogP contribution in [0, 0.1) is 11.8 Å². The average molecular weight is 280 g/mol. The maximum absolute atomic E-state index is 11.7. The van der Waals surface area contributed by atoms with Crippen molar-refractivity contribution in [2.24, 2.45) is 11.8 Å². The minimum Gasteiger partial charge on any atom is -0.453 e. The zero-order valence-corrected chi connectivity index (χ0v) is 12.0. The van der Waals surface area contributed by atoms with E-state index in [2.05, 4.69) is 6.58 Å². The molecule has 4 heteroatoms. The van der Waals surface area contributed by atoms with Crippen LogP contribution < -0.4 is 0 Å². The molecule has 0 amide bonds. The number of esters is 1. The number of rotatable bonds is 5. The molecule has 0 aromatic carbocycles. The van der Waals surface area contributed by atoms with Crippen molar-refractivity contribution >= 4 is 5.97 Å². The van der Waals surface area contributed by atoms with E-state index in [1.54, 1.807) is 0 Å². The van der Waals surface area contributed by atoms with Crippen LogP contribution in [0.25, 0.3) is 0 Å². The molecule has 0 aromatic heterocycles. The largest absolute Gasteiger partial charge is 0.453 e. The quantitative estimate of drug-likeness (QED) is 0.574. The van der Waals surface area contributed by atoms with Crippen molar-refractivity contribution in [1.29, 1.82) is 0 Å². The Hall–Kier alpha value is -0.870. The lowest BCUT2D eigenvalue weighted by Gasteiger charge is -2.38. The van der Waals surface area contributed by atoms with Crippen molar-refractivity contribution in [2.75, 3.05) is 13.2 Å². The van der Waals surface area contributed by atoms with Crippen molar-refractivity contribution in [3.8, 4) is 0 Å². The van der Waals surface area contributed by atoms with Crippen LogP contribution in [0.15, 0.2) is 12.7 Å². The third-order valence-corrected chi connectivity index (χ3v) is 5.04. The Morgan fingerprint density at radius 3 is 2.85 bits per heavy atom. The summed E-state index contributed by atoms with van der Waals surface area (Å²) in [6.07, 6.45) is 8.84. The monoisotopic (exact) mass is 280 g/mol. The fourth-order valence-electron chi connectivity index (χ4n) is 4.04. The number of ether oxygens (including phenoxy) is 3. The Bertz CT molecular complexity index is 375. The lowest BCUT2D eigenvalue weighted by molar-refractivity contribution is -0.210. The molecule has 4 nitrogen and oxygen atoms in total. The normalized spacial score (nSPS) is 39.7. The fourth-order valence-corrected chi connectivity index (χ4v) is 4.04.